The number of ether oxygens (including phenoxy) is 2. The molecule has 3 aromatic rings. The first-order valence-corrected chi connectivity index (χ1v) is 9.68. The molecule has 0 aliphatic rings. The third kappa shape index (κ3) is 4.96. The van der Waals surface area contributed by atoms with Crippen molar-refractivity contribution in [2.75, 3.05) is 13.2 Å². The molecule has 0 unspecified atom stereocenters. The van der Waals surface area contributed by atoms with Gasteiger partial charge in [-0.1, -0.05) is 48.0 Å². The average Bonchev–Trinajstić information content (AvgIpc) is 3.09. The van der Waals surface area contributed by atoms with Crippen molar-refractivity contribution in [3.05, 3.63) is 70.4 Å². The summed E-state index contributed by atoms with van der Waals surface area (Å²) in [6.45, 7) is 3.95. The summed E-state index contributed by atoms with van der Waals surface area (Å²) in [5, 5.41) is 4.10. The number of carbonyl (C=O) groups is 2. The molecular formula is C22H22ClNO5. The molecule has 1 N–H and O–H groups in total. The molecule has 3 rings (SSSR count). The molecule has 2 aromatic carbocycles. The normalized spacial score (nSPS) is 12.0. The molecule has 0 saturated carbocycles. The van der Waals surface area contributed by atoms with Crippen molar-refractivity contribution >= 4 is 34.4 Å². The molecule has 6 nitrogen and oxygen atoms in total. The van der Waals surface area contributed by atoms with E-state index < -0.39 is 18.5 Å². The number of rotatable bonds is 8. The third-order valence-corrected chi connectivity index (χ3v) is 4.76. The first-order valence-electron chi connectivity index (χ1n) is 9.30. The quantitative estimate of drug-likeness (QED) is 0.541. The van der Waals surface area contributed by atoms with Crippen LogP contribution in [0, 0.1) is 0 Å². The molecule has 7 heteroatoms. The van der Waals surface area contributed by atoms with Crippen molar-refractivity contribution < 1.29 is 23.5 Å². The first kappa shape index (κ1) is 20.9. The minimum atomic E-state index is -0.712. The summed E-state index contributed by atoms with van der Waals surface area (Å²) >= 11 is 6.15. The predicted octanol–water partition coefficient (Wildman–Crippen LogP) is 4.66. The van der Waals surface area contributed by atoms with E-state index in [4.69, 9.17) is 25.5 Å². The molecule has 1 atom stereocenters. The van der Waals surface area contributed by atoms with Crippen LogP contribution in [0.1, 0.15) is 41.6 Å². The van der Waals surface area contributed by atoms with Crippen LogP contribution >= 0.6 is 11.6 Å². The smallest absolute Gasteiger partial charge is 0.375 e. The lowest BCUT2D eigenvalue weighted by atomic mass is 10.1. The van der Waals surface area contributed by atoms with Crippen LogP contribution in [0.15, 0.2) is 52.9 Å². The summed E-state index contributed by atoms with van der Waals surface area (Å²) in [6.07, 6.45) is 0. The van der Waals surface area contributed by atoms with Gasteiger partial charge in [0.05, 0.1) is 12.6 Å². The van der Waals surface area contributed by atoms with Gasteiger partial charge >= 0.3 is 5.97 Å². The number of furan rings is 1. The maximum absolute atomic E-state index is 12.5. The van der Waals surface area contributed by atoms with E-state index in [1.54, 1.807) is 19.1 Å². The molecule has 0 bridgehead atoms. The number of nitrogens with one attached hydrogen (secondary N) is 1. The minimum Gasteiger partial charge on any atom is -0.450 e. The van der Waals surface area contributed by atoms with Crippen LogP contribution in [-0.2, 0) is 20.9 Å². The van der Waals surface area contributed by atoms with Crippen molar-refractivity contribution in [3.8, 4) is 0 Å². The Morgan fingerprint density at radius 2 is 1.86 bits per heavy atom. The first-order chi connectivity index (χ1) is 14.0. The van der Waals surface area contributed by atoms with E-state index >= 15 is 0 Å². The van der Waals surface area contributed by atoms with Gasteiger partial charge in [0.25, 0.3) is 5.91 Å². The van der Waals surface area contributed by atoms with Gasteiger partial charge in [-0.25, -0.2) is 4.79 Å². The van der Waals surface area contributed by atoms with E-state index in [1.807, 2.05) is 43.3 Å². The van der Waals surface area contributed by atoms with E-state index in [9.17, 15) is 9.59 Å². The number of carbonyl (C=O) groups excluding carboxylic acids is 2. The highest BCUT2D eigenvalue weighted by Crippen LogP contribution is 2.27. The van der Waals surface area contributed by atoms with Crippen LogP contribution in [0.5, 0.6) is 0 Å². The zero-order chi connectivity index (χ0) is 20.8. The third-order valence-electron chi connectivity index (χ3n) is 4.42. The summed E-state index contributed by atoms with van der Waals surface area (Å²) in [4.78, 5) is 24.8. The summed E-state index contributed by atoms with van der Waals surface area (Å²) in [5.74, 6) is -1.10. The highest BCUT2D eigenvalue weighted by atomic mass is 35.5. The molecule has 1 amide bonds. The summed E-state index contributed by atoms with van der Waals surface area (Å²) < 4.78 is 16.3. The summed E-state index contributed by atoms with van der Waals surface area (Å²) in [6, 6.07) is 14.2. The van der Waals surface area contributed by atoms with Crippen molar-refractivity contribution in [1.82, 2.24) is 5.32 Å². The second kappa shape index (κ2) is 9.58. The number of amides is 1. The van der Waals surface area contributed by atoms with Gasteiger partial charge in [-0.15, -0.1) is 0 Å². The molecule has 0 aliphatic heterocycles. The van der Waals surface area contributed by atoms with Crippen LogP contribution in [-0.4, -0.2) is 25.1 Å². The van der Waals surface area contributed by atoms with Crippen molar-refractivity contribution in [2.24, 2.45) is 0 Å². The Balaban J connectivity index is 1.66. The Kier molecular flexibility index (Phi) is 6.90. The Morgan fingerprint density at radius 3 is 2.62 bits per heavy atom. The van der Waals surface area contributed by atoms with Crippen LogP contribution in [0.4, 0.5) is 0 Å². The minimum absolute atomic E-state index is 0.0478. The lowest BCUT2D eigenvalue weighted by Gasteiger charge is -2.15. The number of benzene rings is 2. The summed E-state index contributed by atoms with van der Waals surface area (Å²) in [5.41, 5.74) is 1.95. The van der Waals surface area contributed by atoms with Gasteiger partial charge in [0.1, 0.15) is 5.58 Å². The van der Waals surface area contributed by atoms with Crippen molar-refractivity contribution in [2.45, 2.75) is 26.5 Å². The van der Waals surface area contributed by atoms with Gasteiger partial charge in [-0.3, -0.25) is 4.79 Å². The lowest BCUT2D eigenvalue weighted by Crippen LogP contribution is -2.31. The van der Waals surface area contributed by atoms with E-state index in [1.165, 1.54) is 0 Å². The van der Waals surface area contributed by atoms with E-state index in [0.717, 1.165) is 10.9 Å². The second-order valence-electron chi connectivity index (χ2n) is 6.43. The molecular weight excluding hydrogens is 394 g/mol. The number of esters is 1. The SMILES string of the molecule is CCOCc1c(C(=O)OCC(=O)N[C@H](C)c2ccccc2Cl)oc2ccccc12. The maximum Gasteiger partial charge on any atom is 0.375 e. The zero-order valence-corrected chi connectivity index (χ0v) is 17.0. The second-order valence-corrected chi connectivity index (χ2v) is 6.84. The van der Waals surface area contributed by atoms with Crippen LogP contribution in [0.2, 0.25) is 5.02 Å². The molecule has 0 fully saturated rings. The van der Waals surface area contributed by atoms with Crippen LogP contribution in [0.25, 0.3) is 11.0 Å². The van der Waals surface area contributed by atoms with Gasteiger partial charge < -0.3 is 19.2 Å². The Labute approximate surface area is 173 Å². The predicted molar refractivity (Wildman–Crippen MR) is 110 cm³/mol. The van der Waals surface area contributed by atoms with Gasteiger partial charge in [0.15, 0.2) is 6.61 Å². The molecule has 0 radical (unpaired) electrons. The van der Waals surface area contributed by atoms with E-state index in [-0.39, 0.29) is 18.4 Å². The van der Waals surface area contributed by atoms with Crippen molar-refractivity contribution in [3.63, 3.8) is 0 Å². The fraction of sp³-hybridized carbons (Fsp3) is 0.273. The number of para-hydroxylation sites is 1. The standard InChI is InChI=1S/C22H22ClNO5/c1-3-27-12-17-16-9-5-7-11-19(16)29-21(17)22(26)28-13-20(25)24-14(2)15-8-4-6-10-18(15)23/h4-11,14H,3,12-13H2,1-2H3,(H,24,25)/t14-/m1/s1. The van der Waals surface area contributed by atoms with Gasteiger partial charge in [-0.2, -0.15) is 0 Å². The molecule has 1 heterocycles. The highest BCUT2D eigenvalue weighted by molar-refractivity contribution is 6.31. The fourth-order valence-corrected chi connectivity index (χ4v) is 3.29. The maximum atomic E-state index is 12.5. The topological polar surface area (TPSA) is 77.8 Å². The Morgan fingerprint density at radius 1 is 1.14 bits per heavy atom. The van der Waals surface area contributed by atoms with E-state index in [0.29, 0.717) is 22.8 Å². The Bertz CT molecular complexity index is 1010. The largest absolute Gasteiger partial charge is 0.450 e. The molecule has 1 aromatic heterocycles. The van der Waals surface area contributed by atoms with Crippen LogP contribution < -0.4 is 5.32 Å². The molecule has 0 aliphatic carbocycles. The van der Waals surface area contributed by atoms with E-state index in [2.05, 4.69) is 5.32 Å². The number of hydrogen-bond donors (Lipinski definition) is 1. The molecule has 0 spiro atoms. The lowest BCUT2D eigenvalue weighted by molar-refractivity contribution is -0.124. The molecule has 0 saturated heterocycles. The number of hydrogen-bond acceptors (Lipinski definition) is 5. The average molecular weight is 416 g/mol. The van der Waals surface area contributed by atoms with Gasteiger partial charge in [-0.05, 0) is 31.5 Å². The van der Waals surface area contributed by atoms with Gasteiger partial charge in [0.2, 0.25) is 5.76 Å². The molecule has 152 valence electrons. The Hall–Kier alpha value is -2.83. The highest BCUT2D eigenvalue weighted by Gasteiger charge is 2.23. The van der Waals surface area contributed by atoms with Crippen molar-refractivity contribution in [1.29, 1.82) is 0 Å². The zero-order valence-electron chi connectivity index (χ0n) is 16.2. The summed E-state index contributed by atoms with van der Waals surface area (Å²) in [7, 11) is 0. The molecule has 29 heavy (non-hydrogen) atoms. The number of halogens is 1. The van der Waals surface area contributed by atoms with Gasteiger partial charge in [0, 0.05) is 22.6 Å². The fourth-order valence-electron chi connectivity index (χ4n) is 2.99. The van der Waals surface area contributed by atoms with Crippen LogP contribution in [0.3, 0.4) is 0 Å². The monoisotopic (exact) mass is 415 g/mol. The number of fused-ring (bicyclic) bond motifs is 1.